The summed E-state index contributed by atoms with van der Waals surface area (Å²) in [7, 11) is 0. The Bertz CT molecular complexity index is 1320. The van der Waals surface area contributed by atoms with Gasteiger partial charge in [0.25, 0.3) is 0 Å². The number of aliphatic carboxylic acids is 1. The van der Waals surface area contributed by atoms with Gasteiger partial charge in [-0.15, -0.1) is 12.4 Å². The van der Waals surface area contributed by atoms with E-state index < -0.39 is 5.97 Å². The molecule has 2 unspecified atom stereocenters. The standard InChI is InChI=1S/C30H29NO4.ClH/c1-20(25-11-6-8-21-7-2-3-9-26(21)25)31-18-24-17-28(27-10-4-5-12-29(27)35-24)22-13-15-23(16-14-22)34-19-30(32)33;/h2-16,20,24,28,31H,17-19H2,1H3,(H,32,33);1H/t20-,24?,28?;/m1./s1. The van der Waals surface area contributed by atoms with Gasteiger partial charge < -0.3 is 19.9 Å². The highest BCUT2D eigenvalue weighted by molar-refractivity contribution is 5.86. The minimum atomic E-state index is -0.986. The highest BCUT2D eigenvalue weighted by atomic mass is 35.5. The van der Waals surface area contributed by atoms with E-state index in [1.807, 2.05) is 42.5 Å². The second-order valence-electron chi connectivity index (χ2n) is 9.02. The fourth-order valence-electron chi connectivity index (χ4n) is 4.92. The lowest BCUT2D eigenvalue weighted by molar-refractivity contribution is -0.139. The van der Waals surface area contributed by atoms with E-state index >= 15 is 0 Å². The topological polar surface area (TPSA) is 67.8 Å². The molecule has 0 aromatic heterocycles. The smallest absolute Gasteiger partial charge is 0.341 e. The predicted octanol–water partition coefficient (Wildman–Crippen LogP) is 6.36. The van der Waals surface area contributed by atoms with Gasteiger partial charge in [0.2, 0.25) is 0 Å². The summed E-state index contributed by atoms with van der Waals surface area (Å²) >= 11 is 0. The summed E-state index contributed by atoms with van der Waals surface area (Å²) in [6.45, 7) is 2.59. The lowest BCUT2D eigenvalue weighted by Crippen LogP contribution is -2.37. The van der Waals surface area contributed by atoms with Crippen molar-refractivity contribution in [3.63, 3.8) is 0 Å². The van der Waals surface area contributed by atoms with Gasteiger partial charge in [-0.3, -0.25) is 0 Å². The molecule has 3 atom stereocenters. The number of para-hydroxylation sites is 1. The molecule has 0 amide bonds. The molecule has 186 valence electrons. The average Bonchev–Trinajstić information content (AvgIpc) is 2.90. The van der Waals surface area contributed by atoms with Gasteiger partial charge in [-0.25, -0.2) is 4.79 Å². The molecular formula is C30H30ClNO4. The number of ether oxygens (including phenoxy) is 2. The molecule has 1 aliphatic heterocycles. The Morgan fingerprint density at radius 1 is 1.00 bits per heavy atom. The quantitative estimate of drug-likeness (QED) is 0.293. The Hall–Kier alpha value is -3.54. The van der Waals surface area contributed by atoms with Gasteiger partial charge in [0.05, 0.1) is 0 Å². The molecule has 5 rings (SSSR count). The van der Waals surface area contributed by atoms with Crippen LogP contribution in [-0.4, -0.2) is 30.3 Å². The molecule has 5 nitrogen and oxygen atoms in total. The minimum absolute atomic E-state index is 0. The van der Waals surface area contributed by atoms with Gasteiger partial charge in [0, 0.05) is 24.1 Å². The highest BCUT2D eigenvalue weighted by Crippen LogP contribution is 2.40. The van der Waals surface area contributed by atoms with Crippen LogP contribution < -0.4 is 14.8 Å². The van der Waals surface area contributed by atoms with Gasteiger partial charge in [0.15, 0.2) is 6.61 Å². The van der Waals surface area contributed by atoms with Crippen LogP contribution >= 0.6 is 12.4 Å². The average molecular weight is 504 g/mol. The zero-order chi connectivity index (χ0) is 24.2. The van der Waals surface area contributed by atoms with Crippen LogP contribution in [0.2, 0.25) is 0 Å². The molecule has 1 heterocycles. The van der Waals surface area contributed by atoms with E-state index in [1.165, 1.54) is 21.9 Å². The van der Waals surface area contributed by atoms with Crippen molar-refractivity contribution in [3.05, 3.63) is 108 Å². The van der Waals surface area contributed by atoms with Gasteiger partial charge in [-0.1, -0.05) is 72.8 Å². The Balaban J connectivity index is 0.00000304. The Morgan fingerprint density at radius 2 is 1.72 bits per heavy atom. The molecule has 0 fully saturated rings. The van der Waals surface area contributed by atoms with Crippen LogP contribution in [0, 0.1) is 0 Å². The van der Waals surface area contributed by atoms with Crippen molar-refractivity contribution in [1.82, 2.24) is 5.32 Å². The second-order valence-corrected chi connectivity index (χ2v) is 9.02. The largest absolute Gasteiger partial charge is 0.489 e. The monoisotopic (exact) mass is 503 g/mol. The molecule has 4 aromatic rings. The number of benzene rings is 4. The first kappa shape index (κ1) is 25.5. The van der Waals surface area contributed by atoms with E-state index in [4.69, 9.17) is 14.6 Å². The van der Waals surface area contributed by atoms with Crippen molar-refractivity contribution in [2.24, 2.45) is 0 Å². The third-order valence-corrected chi connectivity index (χ3v) is 6.67. The SMILES string of the molecule is C[C@@H](NCC1CC(c2ccc(OCC(=O)O)cc2)c2ccccc2O1)c1cccc2ccccc12.Cl. The summed E-state index contributed by atoms with van der Waals surface area (Å²) in [5.74, 6) is 0.673. The van der Waals surface area contributed by atoms with E-state index in [0.29, 0.717) is 5.75 Å². The number of halogens is 1. The van der Waals surface area contributed by atoms with Crippen LogP contribution in [0.3, 0.4) is 0 Å². The molecule has 6 heteroatoms. The van der Waals surface area contributed by atoms with Crippen molar-refractivity contribution in [3.8, 4) is 11.5 Å². The number of nitrogens with one attached hydrogen (secondary N) is 1. The third-order valence-electron chi connectivity index (χ3n) is 6.67. The summed E-state index contributed by atoms with van der Waals surface area (Å²) < 4.78 is 11.7. The van der Waals surface area contributed by atoms with Crippen molar-refractivity contribution in [2.45, 2.75) is 31.4 Å². The number of carboxylic acid groups (broad SMARTS) is 1. The summed E-state index contributed by atoms with van der Waals surface area (Å²) in [5, 5.41) is 15.1. The molecule has 2 N–H and O–H groups in total. The molecule has 0 radical (unpaired) electrons. The fraction of sp³-hybridized carbons (Fsp3) is 0.233. The van der Waals surface area contributed by atoms with E-state index in [1.54, 1.807) is 0 Å². The molecule has 0 bridgehead atoms. The van der Waals surface area contributed by atoms with Crippen LogP contribution in [0.1, 0.15) is 42.0 Å². The van der Waals surface area contributed by atoms with Crippen molar-refractivity contribution in [1.29, 1.82) is 0 Å². The molecule has 0 aliphatic carbocycles. The van der Waals surface area contributed by atoms with Crippen LogP contribution in [0.5, 0.6) is 11.5 Å². The first-order valence-corrected chi connectivity index (χ1v) is 12.0. The summed E-state index contributed by atoms with van der Waals surface area (Å²) in [6.07, 6.45) is 0.872. The lowest BCUT2D eigenvalue weighted by Gasteiger charge is -2.33. The second kappa shape index (κ2) is 11.5. The molecule has 0 saturated heterocycles. The van der Waals surface area contributed by atoms with E-state index in [0.717, 1.165) is 24.3 Å². The van der Waals surface area contributed by atoms with Crippen LogP contribution in [0.25, 0.3) is 10.8 Å². The number of fused-ring (bicyclic) bond motifs is 2. The molecule has 4 aromatic carbocycles. The first-order valence-electron chi connectivity index (χ1n) is 12.0. The lowest BCUT2D eigenvalue weighted by atomic mass is 9.84. The molecule has 0 saturated carbocycles. The number of hydrogen-bond acceptors (Lipinski definition) is 4. The summed E-state index contributed by atoms with van der Waals surface area (Å²) in [5.41, 5.74) is 3.62. The van der Waals surface area contributed by atoms with Crippen molar-refractivity contribution >= 4 is 29.1 Å². The number of carboxylic acids is 1. The van der Waals surface area contributed by atoms with E-state index in [9.17, 15) is 4.79 Å². The van der Waals surface area contributed by atoms with E-state index in [-0.39, 0.29) is 37.1 Å². The number of carbonyl (C=O) groups is 1. The molecule has 1 aliphatic rings. The third kappa shape index (κ3) is 5.64. The van der Waals surface area contributed by atoms with Crippen molar-refractivity contribution in [2.75, 3.05) is 13.2 Å². The molecule has 0 spiro atoms. The number of rotatable bonds is 8. The van der Waals surface area contributed by atoms with Crippen LogP contribution in [0.15, 0.2) is 91.0 Å². The normalized spacial score (nSPS) is 17.4. The Kier molecular flexibility index (Phi) is 8.14. The Morgan fingerprint density at radius 3 is 2.53 bits per heavy atom. The summed E-state index contributed by atoms with van der Waals surface area (Å²) in [4.78, 5) is 10.8. The molecule has 36 heavy (non-hydrogen) atoms. The maximum Gasteiger partial charge on any atom is 0.341 e. The first-order chi connectivity index (χ1) is 17.1. The maximum atomic E-state index is 10.8. The summed E-state index contributed by atoms with van der Waals surface area (Å²) in [6, 6.07) is 31.0. The zero-order valence-electron chi connectivity index (χ0n) is 20.1. The van der Waals surface area contributed by atoms with Gasteiger partial charge >= 0.3 is 5.97 Å². The zero-order valence-corrected chi connectivity index (χ0v) is 20.9. The fourth-order valence-corrected chi connectivity index (χ4v) is 4.92. The van der Waals surface area contributed by atoms with Gasteiger partial charge in [0.1, 0.15) is 17.6 Å². The Labute approximate surface area is 217 Å². The van der Waals surface area contributed by atoms with Crippen LogP contribution in [-0.2, 0) is 4.79 Å². The van der Waals surface area contributed by atoms with Crippen molar-refractivity contribution < 1.29 is 19.4 Å². The predicted molar refractivity (Wildman–Crippen MR) is 145 cm³/mol. The van der Waals surface area contributed by atoms with Gasteiger partial charge in [-0.2, -0.15) is 0 Å². The van der Waals surface area contributed by atoms with Crippen LogP contribution in [0.4, 0.5) is 0 Å². The van der Waals surface area contributed by atoms with Gasteiger partial charge in [-0.05, 0) is 53.4 Å². The molecular weight excluding hydrogens is 474 g/mol. The maximum absolute atomic E-state index is 10.8. The highest BCUT2D eigenvalue weighted by Gasteiger charge is 2.29. The van der Waals surface area contributed by atoms with E-state index in [2.05, 4.69) is 60.8 Å². The number of hydrogen-bond donors (Lipinski definition) is 2. The minimum Gasteiger partial charge on any atom is -0.489 e.